The Hall–Kier alpha value is -6.58. The Morgan fingerprint density at radius 3 is 1.65 bits per heavy atom. The van der Waals surface area contributed by atoms with E-state index in [4.69, 9.17) is 0 Å². The van der Waals surface area contributed by atoms with E-state index in [1.165, 1.54) is 112 Å². The first-order valence-electron chi connectivity index (χ1n) is 24.0. The average molecular weight is 857 g/mol. The molecule has 0 aromatic heterocycles. The van der Waals surface area contributed by atoms with Crippen molar-refractivity contribution in [1.82, 2.24) is 0 Å². The summed E-state index contributed by atoms with van der Waals surface area (Å²) in [6, 6.07) is 65.2. The summed E-state index contributed by atoms with van der Waals surface area (Å²) in [5.41, 5.74) is 25.3. The molecule has 0 radical (unpaired) electrons. The second-order valence-electron chi connectivity index (χ2n) is 22.7. The van der Waals surface area contributed by atoms with Crippen LogP contribution in [0.1, 0.15) is 104 Å². The molecule has 0 spiro atoms. The van der Waals surface area contributed by atoms with Crippen LogP contribution < -0.4 is 20.6 Å². The predicted molar refractivity (Wildman–Crippen MR) is 285 cm³/mol. The van der Waals surface area contributed by atoms with Gasteiger partial charge in [-0.3, -0.25) is 0 Å². The van der Waals surface area contributed by atoms with E-state index in [9.17, 15) is 0 Å². The maximum atomic E-state index is 2.70. The summed E-state index contributed by atoms with van der Waals surface area (Å²) in [6.07, 6.45) is 0. The summed E-state index contributed by atoms with van der Waals surface area (Å²) in [5.74, 6) is 0. The van der Waals surface area contributed by atoms with Crippen LogP contribution >= 0.6 is 0 Å². The van der Waals surface area contributed by atoms with Crippen molar-refractivity contribution in [2.75, 3.05) is 9.71 Å². The summed E-state index contributed by atoms with van der Waals surface area (Å²) >= 11 is 0. The van der Waals surface area contributed by atoms with Crippen molar-refractivity contribution < 1.29 is 0 Å². The fourth-order valence-electron chi connectivity index (χ4n) is 11.3. The maximum Gasteiger partial charge on any atom is 0.333 e. The van der Waals surface area contributed by atoms with Crippen LogP contribution in [-0.2, 0) is 21.7 Å². The first kappa shape index (κ1) is 42.1. The minimum atomic E-state index is -0.281. The lowest BCUT2D eigenvalue weighted by atomic mass is 9.42. The van der Waals surface area contributed by atoms with Gasteiger partial charge in [0.1, 0.15) is 0 Å². The Morgan fingerprint density at radius 1 is 0.409 bits per heavy atom. The average Bonchev–Trinajstić information content (AvgIpc) is 3.54. The Kier molecular flexibility index (Phi) is 9.38. The predicted octanol–water partition coefficient (Wildman–Crippen LogP) is 15.9. The summed E-state index contributed by atoms with van der Waals surface area (Å²) < 4.78 is 0. The molecule has 11 rings (SSSR count). The van der Waals surface area contributed by atoms with Gasteiger partial charge in [0.2, 0.25) is 0 Å². The molecule has 0 atom stereocenters. The van der Waals surface area contributed by atoms with Gasteiger partial charge in [-0.25, -0.2) is 0 Å². The molecule has 326 valence electrons. The van der Waals surface area contributed by atoms with Gasteiger partial charge in [-0.15, -0.1) is 0 Å². The molecule has 2 aliphatic heterocycles. The molecule has 2 heterocycles. The first-order chi connectivity index (χ1) is 31.4. The van der Waals surface area contributed by atoms with E-state index in [2.05, 4.69) is 256 Å². The summed E-state index contributed by atoms with van der Waals surface area (Å²) in [5, 5.41) is 0. The molecule has 3 heteroatoms. The quantitative estimate of drug-likeness (QED) is 0.163. The molecule has 8 aromatic carbocycles. The molecule has 8 aromatic rings. The highest BCUT2D eigenvalue weighted by Crippen LogP contribution is 2.57. The lowest BCUT2D eigenvalue weighted by Crippen LogP contribution is -2.62. The number of nitrogens with zero attached hydrogens (tertiary/aromatic N) is 2. The number of hydrogen-bond acceptors (Lipinski definition) is 2. The van der Waals surface area contributed by atoms with Gasteiger partial charge >= 0.3 is 6.85 Å². The fourth-order valence-corrected chi connectivity index (χ4v) is 11.3. The van der Waals surface area contributed by atoms with Crippen LogP contribution in [0.15, 0.2) is 170 Å². The molecule has 3 aliphatic rings. The van der Waals surface area contributed by atoms with Crippen LogP contribution in [0.4, 0.5) is 28.4 Å². The zero-order valence-corrected chi connectivity index (χ0v) is 40.6. The molecule has 0 amide bonds. The standard InChI is InChI=1S/C63H61BN2/c1-60(2,3)43-26-30-46(31-27-43)66-55-39-45(62(7,8)9)28-32-48(55)51-36-42(40-20-14-12-15-21-40)37-56-58(51)64(66)53-34-33-49-47-24-18-19-25-52(47)63(10,11)57(49)59(53)65(56)54-35-29-44(61(4,5)6)38-50(54)41-22-16-13-17-23-41/h12-39H,1-11H3. The summed E-state index contributed by atoms with van der Waals surface area (Å²) in [6.45, 7) is 25.7. The topological polar surface area (TPSA) is 6.48 Å². The summed E-state index contributed by atoms with van der Waals surface area (Å²) in [7, 11) is 0. The minimum absolute atomic E-state index is 0.0312. The van der Waals surface area contributed by atoms with Crippen molar-refractivity contribution in [1.29, 1.82) is 0 Å². The number of rotatable bonds is 4. The van der Waals surface area contributed by atoms with Crippen molar-refractivity contribution in [3.63, 3.8) is 0 Å². The van der Waals surface area contributed by atoms with Crippen LogP contribution in [-0.4, -0.2) is 6.85 Å². The van der Waals surface area contributed by atoms with E-state index in [0.29, 0.717) is 0 Å². The number of benzene rings is 8. The van der Waals surface area contributed by atoms with Crippen LogP contribution in [0.25, 0.3) is 44.5 Å². The van der Waals surface area contributed by atoms with Gasteiger partial charge in [0.25, 0.3) is 0 Å². The second-order valence-corrected chi connectivity index (χ2v) is 22.7. The minimum Gasteiger partial charge on any atom is -0.376 e. The number of hydrogen-bond donors (Lipinski definition) is 0. The molecule has 0 saturated carbocycles. The highest BCUT2D eigenvalue weighted by atomic mass is 15.2. The molecule has 0 fully saturated rings. The van der Waals surface area contributed by atoms with E-state index in [1.807, 2.05) is 0 Å². The lowest BCUT2D eigenvalue weighted by molar-refractivity contribution is 0.590. The SMILES string of the molecule is CC(C)(C)c1ccc(N2B3c4ccc5c(c4N(c4ccc(C(C)(C)C)cc4-c4ccccc4)c4cc(-c6ccccc6)cc(c43)-c3ccc(C(C)(C)C)cc32)C(C)(C)c2ccccc2-5)cc1. The van der Waals surface area contributed by atoms with E-state index in [1.54, 1.807) is 0 Å². The Labute approximate surface area is 394 Å². The highest BCUT2D eigenvalue weighted by molar-refractivity contribution is 6.93. The third kappa shape index (κ3) is 6.52. The highest BCUT2D eigenvalue weighted by Gasteiger charge is 2.50. The molecule has 2 nitrogen and oxygen atoms in total. The van der Waals surface area contributed by atoms with Gasteiger partial charge in [-0.1, -0.05) is 204 Å². The molecule has 0 N–H and O–H groups in total. The zero-order valence-electron chi connectivity index (χ0n) is 40.6. The number of anilines is 5. The normalized spacial score (nSPS) is 14.6. The number of fused-ring (bicyclic) bond motifs is 8. The first-order valence-corrected chi connectivity index (χ1v) is 24.0. The summed E-state index contributed by atoms with van der Waals surface area (Å²) in [4.78, 5) is 5.40. The molecule has 0 unspecified atom stereocenters. The molecular weight excluding hydrogens is 796 g/mol. The van der Waals surface area contributed by atoms with Crippen molar-refractivity contribution in [2.24, 2.45) is 0 Å². The van der Waals surface area contributed by atoms with Gasteiger partial charge in [-0.2, -0.15) is 0 Å². The van der Waals surface area contributed by atoms with Gasteiger partial charge < -0.3 is 9.71 Å². The lowest BCUT2D eigenvalue weighted by Gasteiger charge is -2.48. The van der Waals surface area contributed by atoms with Crippen molar-refractivity contribution in [3.8, 4) is 44.5 Å². The molecular formula is C63H61BN2. The third-order valence-electron chi connectivity index (χ3n) is 14.9. The van der Waals surface area contributed by atoms with Gasteiger partial charge in [0, 0.05) is 39.3 Å². The van der Waals surface area contributed by atoms with Crippen molar-refractivity contribution in [3.05, 3.63) is 198 Å². The van der Waals surface area contributed by atoms with E-state index >= 15 is 0 Å². The monoisotopic (exact) mass is 856 g/mol. The molecule has 66 heavy (non-hydrogen) atoms. The smallest absolute Gasteiger partial charge is 0.333 e. The van der Waals surface area contributed by atoms with E-state index in [0.717, 1.165) is 0 Å². The Morgan fingerprint density at radius 2 is 0.985 bits per heavy atom. The fraction of sp³-hybridized carbons (Fsp3) is 0.238. The zero-order chi connectivity index (χ0) is 46.1. The van der Waals surface area contributed by atoms with Crippen LogP contribution in [0.2, 0.25) is 0 Å². The Bertz CT molecular complexity index is 3210. The molecule has 0 bridgehead atoms. The van der Waals surface area contributed by atoms with Crippen LogP contribution in [0.3, 0.4) is 0 Å². The van der Waals surface area contributed by atoms with Crippen LogP contribution in [0, 0.1) is 0 Å². The van der Waals surface area contributed by atoms with Gasteiger partial charge in [0.15, 0.2) is 0 Å². The van der Waals surface area contributed by atoms with Gasteiger partial charge in [0.05, 0.1) is 5.69 Å². The molecule has 0 saturated heterocycles. The van der Waals surface area contributed by atoms with Crippen molar-refractivity contribution >= 4 is 46.2 Å². The largest absolute Gasteiger partial charge is 0.376 e. The van der Waals surface area contributed by atoms with E-state index < -0.39 is 0 Å². The maximum absolute atomic E-state index is 2.70. The van der Waals surface area contributed by atoms with Crippen molar-refractivity contribution in [2.45, 2.75) is 97.8 Å². The van der Waals surface area contributed by atoms with Crippen LogP contribution in [0.5, 0.6) is 0 Å². The third-order valence-corrected chi connectivity index (χ3v) is 14.9. The second kappa shape index (κ2) is 14.7. The van der Waals surface area contributed by atoms with Gasteiger partial charge in [-0.05, 0) is 131 Å². The Balaban J connectivity index is 1.32. The molecule has 1 aliphatic carbocycles. The van der Waals surface area contributed by atoms with E-state index in [-0.39, 0.29) is 28.5 Å².